The predicted octanol–water partition coefficient (Wildman–Crippen LogP) is 2.51. The summed E-state index contributed by atoms with van der Waals surface area (Å²) in [6.45, 7) is 0.218. The Labute approximate surface area is 144 Å². The van der Waals surface area contributed by atoms with Crippen molar-refractivity contribution in [3.8, 4) is 0 Å². The maximum absolute atomic E-state index is 13.0. The van der Waals surface area contributed by atoms with Crippen molar-refractivity contribution in [3.05, 3.63) is 47.6 Å². The highest BCUT2D eigenvalue weighted by atomic mass is 32.2. The molecule has 0 radical (unpaired) electrons. The number of thiophene rings is 1. The number of rotatable bonds is 4. The van der Waals surface area contributed by atoms with Crippen LogP contribution in [0.4, 0.5) is 4.39 Å². The van der Waals surface area contributed by atoms with Gasteiger partial charge < -0.3 is 0 Å². The van der Waals surface area contributed by atoms with Gasteiger partial charge in [-0.05, 0) is 48.6 Å². The van der Waals surface area contributed by atoms with E-state index in [9.17, 15) is 21.2 Å². The minimum atomic E-state index is -3.71. The Morgan fingerprint density at radius 3 is 2.42 bits per heavy atom. The Balaban J connectivity index is 1.87. The Morgan fingerprint density at radius 2 is 1.79 bits per heavy atom. The van der Waals surface area contributed by atoms with Crippen LogP contribution in [-0.2, 0) is 19.9 Å². The molecule has 2 aromatic rings. The molecule has 1 aliphatic rings. The van der Waals surface area contributed by atoms with Crippen LogP contribution in [0.5, 0.6) is 0 Å². The van der Waals surface area contributed by atoms with Crippen molar-refractivity contribution in [2.75, 3.05) is 13.1 Å². The van der Waals surface area contributed by atoms with Crippen molar-refractivity contribution in [1.29, 1.82) is 0 Å². The van der Waals surface area contributed by atoms with E-state index >= 15 is 0 Å². The van der Waals surface area contributed by atoms with Gasteiger partial charge in [0.25, 0.3) is 10.0 Å². The highest BCUT2D eigenvalue weighted by Gasteiger charge is 2.37. The lowest BCUT2D eigenvalue weighted by Gasteiger charge is -2.31. The van der Waals surface area contributed by atoms with Crippen molar-refractivity contribution < 1.29 is 21.2 Å². The minimum absolute atomic E-state index is 0.0178. The van der Waals surface area contributed by atoms with Gasteiger partial charge in [0.05, 0.1) is 10.1 Å². The number of sulfone groups is 1. The fourth-order valence-electron chi connectivity index (χ4n) is 2.73. The lowest BCUT2D eigenvalue weighted by Crippen LogP contribution is -2.44. The van der Waals surface area contributed by atoms with E-state index in [1.54, 1.807) is 11.4 Å². The van der Waals surface area contributed by atoms with Crippen molar-refractivity contribution in [1.82, 2.24) is 4.31 Å². The summed E-state index contributed by atoms with van der Waals surface area (Å²) >= 11 is 1.11. The molecule has 5 nitrogen and oxygen atoms in total. The first-order valence-corrected chi connectivity index (χ1v) is 11.2. The third-order valence-electron chi connectivity index (χ3n) is 4.01. The summed E-state index contributed by atoms with van der Waals surface area (Å²) in [5.74, 6) is -0.514. The van der Waals surface area contributed by atoms with E-state index in [1.165, 1.54) is 22.5 Å². The molecule has 0 bridgehead atoms. The van der Waals surface area contributed by atoms with Crippen LogP contribution in [0.1, 0.15) is 12.8 Å². The molecule has 24 heavy (non-hydrogen) atoms. The average molecular weight is 389 g/mol. The normalized spacial score (nSPS) is 20.1. The molecule has 1 aliphatic heterocycles. The van der Waals surface area contributed by atoms with Gasteiger partial charge in [0.2, 0.25) is 0 Å². The Hall–Kier alpha value is -1.29. The van der Waals surface area contributed by atoms with Crippen LogP contribution in [0.3, 0.4) is 0 Å². The Bertz CT molecular complexity index is 906. The zero-order chi connectivity index (χ0) is 17.4. The largest absolute Gasteiger partial charge is 0.252 e. The number of benzene rings is 1. The first kappa shape index (κ1) is 17.5. The monoisotopic (exact) mass is 389 g/mol. The van der Waals surface area contributed by atoms with E-state index in [-0.39, 0.29) is 15.6 Å². The second-order valence-corrected chi connectivity index (χ2v) is 10.9. The first-order chi connectivity index (χ1) is 11.3. The van der Waals surface area contributed by atoms with E-state index in [2.05, 4.69) is 0 Å². The van der Waals surface area contributed by atoms with Crippen molar-refractivity contribution in [3.63, 3.8) is 0 Å². The van der Waals surface area contributed by atoms with Crippen LogP contribution in [0.25, 0.3) is 0 Å². The molecule has 1 aromatic heterocycles. The van der Waals surface area contributed by atoms with Gasteiger partial charge in [-0.25, -0.2) is 21.2 Å². The molecule has 2 heterocycles. The van der Waals surface area contributed by atoms with Gasteiger partial charge in [-0.3, -0.25) is 0 Å². The standard InChI is InChI=1S/C15H16FNO4S3/c16-12-5-7-13(8-6-12)23(18,19)14-3-1-9-17(11-14)24(20,21)15-4-2-10-22-15/h2,4-8,10,14H,1,3,9,11H2/t14-/m1/s1. The molecule has 1 atom stereocenters. The topological polar surface area (TPSA) is 71.5 Å². The van der Waals surface area contributed by atoms with Crippen LogP contribution in [-0.4, -0.2) is 39.5 Å². The molecule has 1 aromatic carbocycles. The maximum Gasteiger partial charge on any atom is 0.252 e. The molecule has 1 fully saturated rings. The summed E-state index contributed by atoms with van der Waals surface area (Å²) in [5.41, 5.74) is 0. The van der Waals surface area contributed by atoms with Gasteiger partial charge in [-0.15, -0.1) is 11.3 Å². The van der Waals surface area contributed by atoms with Crippen molar-refractivity contribution >= 4 is 31.2 Å². The first-order valence-electron chi connectivity index (χ1n) is 7.35. The molecule has 3 rings (SSSR count). The van der Waals surface area contributed by atoms with Crippen LogP contribution < -0.4 is 0 Å². The third-order valence-corrected chi connectivity index (χ3v) is 9.44. The molecule has 0 amide bonds. The predicted molar refractivity (Wildman–Crippen MR) is 89.7 cm³/mol. The zero-order valence-electron chi connectivity index (χ0n) is 12.6. The summed E-state index contributed by atoms with van der Waals surface area (Å²) in [7, 11) is -7.38. The molecule has 0 unspecified atom stereocenters. The number of sulfonamides is 1. The third kappa shape index (κ3) is 3.26. The number of piperidine rings is 1. The summed E-state index contributed by atoms with van der Waals surface area (Å²) in [6.07, 6.45) is 0.853. The van der Waals surface area contributed by atoms with Gasteiger partial charge in [-0.1, -0.05) is 6.07 Å². The molecule has 0 N–H and O–H groups in total. The highest BCUT2D eigenvalue weighted by Crippen LogP contribution is 2.29. The maximum atomic E-state index is 13.0. The van der Waals surface area contributed by atoms with Gasteiger partial charge in [0.1, 0.15) is 10.0 Å². The van der Waals surface area contributed by atoms with Gasteiger partial charge >= 0.3 is 0 Å². The van der Waals surface area contributed by atoms with E-state index < -0.39 is 30.9 Å². The quantitative estimate of drug-likeness (QED) is 0.754. The highest BCUT2D eigenvalue weighted by molar-refractivity contribution is 7.92. The van der Waals surface area contributed by atoms with E-state index in [0.717, 1.165) is 23.5 Å². The molecule has 9 heteroatoms. The lowest BCUT2D eigenvalue weighted by atomic mass is 10.2. The second kappa shape index (κ2) is 6.55. The fourth-order valence-corrected chi connectivity index (χ4v) is 7.25. The summed E-state index contributed by atoms with van der Waals surface area (Å²) in [5, 5.41) is 0.843. The summed E-state index contributed by atoms with van der Waals surface area (Å²) in [4.78, 5) is 0.0178. The van der Waals surface area contributed by atoms with Crippen LogP contribution in [0.2, 0.25) is 0 Å². The second-order valence-electron chi connectivity index (χ2n) is 5.56. The van der Waals surface area contributed by atoms with Crippen LogP contribution >= 0.6 is 11.3 Å². The number of hydrogen-bond donors (Lipinski definition) is 0. The van der Waals surface area contributed by atoms with E-state index in [1.807, 2.05) is 0 Å². The minimum Gasteiger partial charge on any atom is -0.223 e. The zero-order valence-corrected chi connectivity index (χ0v) is 15.1. The summed E-state index contributed by atoms with van der Waals surface area (Å²) in [6, 6.07) is 7.78. The van der Waals surface area contributed by atoms with E-state index in [4.69, 9.17) is 0 Å². The lowest BCUT2D eigenvalue weighted by molar-refractivity contribution is 0.346. The molecule has 0 aliphatic carbocycles. The van der Waals surface area contributed by atoms with Gasteiger partial charge in [0, 0.05) is 13.1 Å². The molecular weight excluding hydrogens is 373 g/mol. The number of hydrogen-bond acceptors (Lipinski definition) is 5. The fraction of sp³-hybridized carbons (Fsp3) is 0.333. The molecule has 130 valence electrons. The van der Waals surface area contributed by atoms with Gasteiger partial charge in [0.15, 0.2) is 9.84 Å². The smallest absolute Gasteiger partial charge is 0.223 e. The van der Waals surface area contributed by atoms with Crippen molar-refractivity contribution in [2.24, 2.45) is 0 Å². The van der Waals surface area contributed by atoms with Gasteiger partial charge in [-0.2, -0.15) is 4.31 Å². The van der Waals surface area contributed by atoms with Crippen LogP contribution in [0, 0.1) is 5.82 Å². The molecule has 0 saturated carbocycles. The average Bonchev–Trinajstić information content (AvgIpc) is 3.11. The van der Waals surface area contributed by atoms with E-state index in [0.29, 0.717) is 19.4 Å². The number of nitrogens with zero attached hydrogens (tertiary/aromatic N) is 1. The Morgan fingerprint density at radius 1 is 1.08 bits per heavy atom. The summed E-state index contributed by atoms with van der Waals surface area (Å²) < 4.78 is 65.1. The Kier molecular flexibility index (Phi) is 4.78. The molecule has 0 spiro atoms. The van der Waals surface area contributed by atoms with Crippen molar-refractivity contribution in [2.45, 2.75) is 27.2 Å². The molecule has 1 saturated heterocycles. The SMILES string of the molecule is O=S(=O)(c1ccc(F)cc1)[C@@H]1CCCN(S(=O)(=O)c2cccs2)C1. The van der Waals surface area contributed by atoms with Crippen LogP contribution in [0.15, 0.2) is 50.9 Å². The number of halogens is 1. The molecular formula is C15H16FNO4S3.